The van der Waals surface area contributed by atoms with Crippen LogP contribution in [0.25, 0.3) is 0 Å². The highest BCUT2D eigenvalue weighted by molar-refractivity contribution is 5.25. The molecule has 0 aromatic carbocycles. The Kier molecular flexibility index (Phi) is 8.51. The van der Waals surface area contributed by atoms with Crippen molar-refractivity contribution in [3.63, 3.8) is 0 Å². The minimum absolute atomic E-state index is 0.110. The molecule has 4 aliphatic carbocycles. The summed E-state index contributed by atoms with van der Waals surface area (Å²) in [7, 11) is 0. The fourth-order valence-corrected chi connectivity index (χ4v) is 12.6. The highest BCUT2D eigenvalue weighted by Gasteiger charge is 2.76. The van der Waals surface area contributed by atoms with Crippen molar-refractivity contribution in [2.45, 2.75) is 179 Å². The van der Waals surface area contributed by atoms with E-state index in [2.05, 4.69) is 34.6 Å². The number of hydrogen-bond donors (Lipinski definition) is 7. The van der Waals surface area contributed by atoms with E-state index in [9.17, 15) is 35.7 Å². The van der Waals surface area contributed by atoms with E-state index < -0.39 is 60.2 Å². The molecular formula is C36H62O10. The molecule has 6 rings (SSSR count). The zero-order chi connectivity index (χ0) is 34.0. The molecule has 46 heavy (non-hydrogen) atoms. The second-order valence-electron chi connectivity index (χ2n) is 18.4. The predicted molar refractivity (Wildman–Crippen MR) is 169 cm³/mol. The number of fused-ring (bicyclic) bond motifs is 5. The Balaban J connectivity index is 1.26. The Morgan fingerprint density at radius 1 is 0.783 bits per heavy atom. The molecule has 7 N–H and O–H groups in total. The molecule has 16 atom stereocenters. The van der Waals surface area contributed by atoms with Crippen molar-refractivity contribution in [3.8, 4) is 0 Å². The first-order valence-electron chi connectivity index (χ1n) is 17.9. The zero-order valence-electron chi connectivity index (χ0n) is 29.3. The fourth-order valence-electron chi connectivity index (χ4n) is 12.6. The minimum Gasteiger partial charge on any atom is -0.394 e. The molecule has 2 heterocycles. The monoisotopic (exact) mass is 654 g/mol. The molecule has 0 bridgehead atoms. The van der Waals surface area contributed by atoms with Crippen molar-refractivity contribution in [1.82, 2.24) is 0 Å². The van der Waals surface area contributed by atoms with Crippen LogP contribution in [0.4, 0.5) is 0 Å². The number of aliphatic hydroxyl groups excluding tert-OH is 5. The second kappa shape index (κ2) is 11.0. The Hall–Kier alpha value is -0.400. The number of ether oxygens (including phenoxy) is 3. The molecular weight excluding hydrogens is 592 g/mol. The van der Waals surface area contributed by atoms with Crippen LogP contribution in [0.15, 0.2) is 0 Å². The molecule has 4 saturated carbocycles. The molecule has 0 radical (unpaired) electrons. The molecule has 266 valence electrons. The molecule has 6 fully saturated rings. The first-order chi connectivity index (χ1) is 21.1. The lowest BCUT2D eigenvalue weighted by Crippen LogP contribution is -2.70. The first kappa shape index (κ1) is 35.4. The maximum Gasteiger partial charge on any atom is 0.186 e. The van der Waals surface area contributed by atoms with Gasteiger partial charge in [0.2, 0.25) is 0 Å². The molecule has 10 nitrogen and oxygen atoms in total. The van der Waals surface area contributed by atoms with E-state index >= 15 is 0 Å². The Morgan fingerprint density at radius 3 is 2.07 bits per heavy atom. The van der Waals surface area contributed by atoms with Crippen molar-refractivity contribution in [2.24, 2.45) is 39.4 Å². The van der Waals surface area contributed by atoms with E-state index in [-0.39, 0.29) is 51.6 Å². The number of rotatable bonds is 5. The average molecular weight is 655 g/mol. The summed E-state index contributed by atoms with van der Waals surface area (Å²) in [6.07, 6.45) is -1.14. The zero-order valence-corrected chi connectivity index (χ0v) is 29.3. The molecule has 10 heteroatoms. The largest absolute Gasteiger partial charge is 0.394 e. The topological polar surface area (TPSA) is 169 Å². The van der Waals surface area contributed by atoms with Crippen LogP contribution in [-0.2, 0) is 14.2 Å². The molecule has 0 aromatic heterocycles. The smallest absolute Gasteiger partial charge is 0.186 e. The van der Waals surface area contributed by atoms with Crippen LogP contribution in [0, 0.1) is 39.4 Å². The van der Waals surface area contributed by atoms with Crippen molar-refractivity contribution in [2.75, 3.05) is 6.61 Å². The van der Waals surface area contributed by atoms with Gasteiger partial charge in [0.1, 0.15) is 24.4 Å². The maximum atomic E-state index is 12.7. The van der Waals surface area contributed by atoms with Crippen LogP contribution in [0.2, 0.25) is 0 Å². The summed E-state index contributed by atoms with van der Waals surface area (Å²) in [6, 6.07) is 0. The van der Waals surface area contributed by atoms with E-state index in [0.717, 1.165) is 25.7 Å². The van der Waals surface area contributed by atoms with Crippen LogP contribution >= 0.6 is 0 Å². The second-order valence-corrected chi connectivity index (χ2v) is 18.4. The lowest BCUT2D eigenvalue weighted by atomic mass is 9.35. The van der Waals surface area contributed by atoms with Crippen LogP contribution < -0.4 is 0 Å². The first-order valence-corrected chi connectivity index (χ1v) is 17.9. The van der Waals surface area contributed by atoms with Gasteiger partial charge < -0.3 is 50.0 Å². The standard InChI is InChI=1S/C36H62O10/c1-30(2)21-9-13-33(6)22(32(21,5)12-10-23(30)45-29-27(41)26(40)25(39)20(18-37)44-29)17-19(38)28-34(33,7)15-16-36(28,43)35(8)14-11-24(46-35)31(3,4)42/h19-29,37-43H,9-18H2,1-8H3/t19?,20-,21?,22-,23-,24-,25-,26+,27-,28?,29+,32+,33-,34-,35+,36-/m1/s1. The average Bonchev–Trinajstić information content (AvgIpc) is 3.52. The van der Waals surface area contributed by atoms with Crippen LogP contribution in [0.5, 0.6) is 0 Å². The van der Waals surface area contributed by atoms with Gasteiger partial charge in [-0.1, -0.05) is 34.6 Å². The molecule has 0 amide bonds. The molecule has 2 aliphatic heterocycles. The predicted octanol–water partition coefficient (Wildman–Crippen LogP) is 2.65. The summed E-state index contributed by atoms with van der Waals surface area (Å²) in [4.78, 5) is 0. The lowest BCUT2D eigenvalue weighted by molar-refractivity contribution is -0.333. The molecule has 0 spiro atoms. The molecule has 6 aliphatic rings. The van der Waals surface area contributed by atoms with Gasteiger partial charge in [-0.25, -0.2) is 0 Å². The van der Waals surface area contributed by atoms with E-state index in [1.165, 1.54) is 0 Å². The van der Waals surface area contributed by atoms with E-state index in [1.807, 2.05) is 6.92 Å². The van der Waals surface area contributed by atoms with Gasteiger partial charge in [0.15, 0.2) is 6.29 Å². The summed E-state index contributed by atoms with van der Waals surface area (Å²) < 4.78 is 18.7. The van der Waals surface area contributed by atoms with Crippen molar-refractivity contribution < 1.29 is 50.0 Å². The molecule has 0 aromatic rings. The van der Waals surface area contributed by atoms with Gasteiger partial charge in [-0.2, -0.15) is 0 Å². The molecule has 3 unspecified atom stereocenters. The highest BCUT2D eigenvalue weighted by Crippen LogP contribution is 2.77. The maximum absolute atomic E-state index is 12.7. The number of aliphatic hydroxyl groups is 7. The third-order valence-corrected chi connectivity index (χ3v) is 15.5. The minimum atomic E-state index is -1.48. The van der Waals surface area contributed by atoms with Crippen LogP contribution in [0.1, 0.15) is 113 Å². The van der Waals surface area contributed by atoms with Crippen molar-refractivity contribution in [3.05, 3.63) is 0 Å². The Morgan fingerprint density at radius 2 is 1.46 bits per heavy atom. The SMILES string of the molecule is CC(C)(O)[C@H]1CC[C@@](C)([C@@]2(O)CC[C@]3(C)C2C(O)C[C@@H]2[C@@]4(C)CC[C@@H](O[C@@H]5O[C@H](CO)[C@@H](O)[C@H](O)[C@H]5O)C(C)(C)C4CC[C@]23C)O1. The summed E-state index contributed by atoms with van der Waals surface area (Å²) in [5.74, 6) is 0.120. The van der Waals surface area contributed by atoms with E-state index in [1.54, 1.807) is 13.8 Å². The van der Waals surface area contributed by atoms with Crippen molar-refractivity contribution in [1.29, 1.82) is 0 Å². The van der Waals surface area contributed by atoms with Gasteiger partial charge in [-0.15, -0.1) is 0 Å². The van der Waals surface area contributed by atoms with Gasteiger partial charge in [0.05, 0.1) is 41.7 Å². The Bertz CT molecular complexity index is 1160. The third kappa shape index (κ3) is 4.71. The van der Waals surface area contributed by atoms with Gasteiger partial charge in [0.25, 0.3) is 0 Å². The van der Waals surface area contributed by atoms with Crippen LogP contribution in [0.3, 0.4) is 0 Å². The van der Waals surface area contributed by atoms with Gasteiger partial charge >= 0.3 is 0 Å². The highest BCUT2D eigenvalue weighted by atomic mass is 16.7. The van der Waals surface area contributed by atoms with Gasteiger partial charge in [-0.3, -0.25) is 0 Å². The summed E-state index contributed by atoms with van der Waals surface area (Å²) in [5.41, 5.74) is -3.95. The van der Waals surface area contributed by atoms with Crippen molar-refractivity contribution >= 4 is 0 Å². The summed E-state index contributed by atoms with van der Waals surface area (Å²) in [5, 5.41) is 76.6. The summed E-state index contributed by atoms with van der Waals surface area (Å²) in [6.45, 7) is 16.5. The normalized spacial score (nSPS) is 57.1. The van der Waals surface area contributed by atoms with E-state index in [0.29, 0.717) is 32.1 Å². The molecule has 2 saturated heterocycles. The van der Waals surface area contributed by atoms with Gasteiger partial charge in [0, 0.05) is 5.92 Å². The quantitative estimate of drug-likeness (QED) is 0.219. The summed E-state index contributed by atoms with van der Waals surface area (Å²) >= 11 is 0. The third-order valence-electron chi connectivity index (χ3n) is 15.5. The Labute approximate surface area is 274 Å². The fraction of sp³-hybridized carbons (Fsp3) is 1.00. The van der Waals surface area contributed by atoms with Gasteiger partial charge in [-0.05, 0) is 112 Å². The van der Waals surface area contributed by atoms with E-state index in [4.69, 9.17) is 14.2 Å². The van der Waals surface area contributed by atoms with Crippen LogP contribution in [-0.4, -0.2) is 108 Å². The lowest BCUT2D eigenvalue weighted by Gasteiger charge is -2.71. The number of hydrogen-bond acceptors (Lipinski definition) is 10.